The Balaban J connectivity index is 1.98. The predicted molar refractivity (Wildman–Crippen MR) is 90.7 cm³/mol. The van der Waals surface area contributed by atoms with Crippen LogP contribution in [0.15, 0.2) is 60.8 Å². The summed E-state index contributed by atoms with van der Waals surface area (Å²) in [5.74, 6) is -0.153. The molecule has 2 rings (SSSR count). The average molecular weight is 349 g/mol. The Morgan fingerprint density at radius 3 is 2.40 bits per heavy atom. The second kappa shape index (κ2) is 7.88. The van der Waals surface area contributed by atoms with Crippen molar-refractivity contribution in [2.24, 2.45) is 0 Å². The van der Waals surface area contributed by atoms with Gasteiger partial charge in [-0.05, 0) is 23.6 Å². The lowest BCUT2D eigenvalue weighted by molar-refractivity contribution is -0.274. The molecule has 0 bridgehead atoms. The van der Waals surface area contributed by atoms with Crippen LogP contribution in [-0.4, -0.2) is 12.1 Å². The monoisotopic (exact) mass is 349 g/mol. The molecule has 0 aliphatic rings. The minimum Gasteiger partial charge on any atom is -0.406 e. The van der Waals surface area contributed by atoms with Gasteiger partial charge < -0.3 is 10.1 Å². The van der Waals surface area contributed by atoms with Crippen LogP contribution in [0, 0.1) is 0 Å². The Bertz CT molecular complexity index is 750. The number of anilines is 1. The van der Waals surface area contributed by atoms with Crippen molar-refractivity contribution in [2.75, 3.05) is 5.32 Å². The molecular formula is C19H18F3NO2. The Morgan fingerprint density at radius 1 is 1.12 bits per heavy atom. The summed E-state index contributed by atoms with van der Waals surface area (Å²) in [5.41, 5.74) is 2.05. The van der Waals surface area contributed by atoms with Gasteiger partial charge in [-0.3, -0.25) is 4.79 Å². The van der Waals surface area contributed by atoms with Crippen molar-refractivity contribution in [3.63, 3.8) is 0 Å². The van der Waals surface area contributed by atoms with Gasteiger partial charge in [-0.2, -0.15) is 0 Å². The zero-order valence-corrected chi connectivity index (χ0v) is 13.8. The van der Waals surface area contributed by atoms with Gasteiger partial charge in [0.2, 0.25) is 0 Å². The average Bonchev–Trinajstić information content (AvgIpc) is 2.53. The van der Waals surface area contributed by atoms with Crippen molar-refractivity contribution in [3.8, 4) is 5.75 Å². The molecule has 3 nitrogen and oxygen atoms in total. The smallest absolute Gasteiger partial charge is 0.406 e. The van der Waals surface area contributed by atoms with Crippen LogP contribution < -0.4 is 10.1 Å². The Kier molecular flexibility index (Phi) is 5.85. The molecule has 0 aromatic heterocycles. The van der Waals surface area contributed by atoms with Crippen molar-refractivity contribution < 1.29 is 22.7 Å². The van der Waals surface area contributed by atoms with Gasteiger partial charge in [-0.15, -0.1) is 13.2 Å². The standard InChI is InChI=1S/C19H18F3NO2/c1-13(2)14-6-8-15(9-7-14)18(24)10-11-23-16-4-3-5-17(12-16)25-19(20,21)22/h3-13,23H,1-2H3. The zero-order chi connectivity index (χ0) is 18.4. The second-order valence-corrected chi connectivity index (χ2v) is 5.69. The molecule has 0 spiro atoms. The molecule has 0 saturated carbocycles. The van der Waals surface area contributed by atoms with E-state index in [1.807, 2.05) is 12.1 Å². The summed E-state index contributed by atoms with van der Waals surface area (Å²) in [5, 5.41) is 2.75. The van der Waals surface area contributed by atoms with Gasteiger partial charge in [0.1, 0.15) is 5.75 Å². The Morgan fingerprint density at radius 2 is 1.80 bits per heavy atom. The molecule has 132 valence electrons. The molecule has 0 heterocycles. The number of rotatable bonds is 6. The molecule has 0 radical (unpaired) electrons. The molecule has 0 unspecified atom stereocenters. The van der Waals surface area contributed by atoms with Crippen molar-refractivity contribution >= 4 is 11.5 Å². The van der Waals surface area contributed by atoms with Crippen molar-refractivity contribution in [1.82, 2.24) is 0 Å². The van der Waals surface area contributed by atoms with E-state index in [4.69, 9.17) is 0 Å². The topological polar surface area (TPSA) is 38.3 Å². The minimum absolute atomic E-state index is 0.203. The summed E-state index contributed by atoms with van der Waals surface area (Å²) in [7, 11) is 0. The van der Waals surface area contributed by atoms with Crippen LogP contribution in [0.5, 0.6) is 5.75 Å². The number of halogens is 3. The molecule has 0 aliphatic carbocycles. The van der Waals surface area contributed by atoms with Gasteiger partial charge in [0.15, 0.2) is 5.78 Å². The number of benzene rings is 2. The number of hydrogen-bond acceptors (Lipinski definition) is 3. The molecule has 25 heavy (non-hydrogen) atoms. The zero-order valence-electron chi connectivity index (χ0n) is 13.8. The van der Waals surface area contributed by atoms with Crippen LogP contribution in [0.2, 0.25) is 0 Å². The van der Waals surface area contributed by atoms with E-state index in [1.54, 1.807) is 18.2 Å². The number of carbonyl (C=O) groups is 1. The van der Waals surface area contributed by atoms with Crippen LogP contribution in [-0.2, 0) is 0 Å². The van der Waals surface area contributed by atoms with Gasteiger partial charge in [-0.25, -0.2) is 0 Å². The van der Waals surface area contributed by atoms with E-state index < -0.39 is 6.36 Å². The fourth-order valence-electron chi connectivity index (χ4n) is 2.13. The van der Waals surface area contributed by atoms with Gasteiger partial charge in [-0.1, -0.05) is 44.2 Å². The van der Waals surface area contributed by atoms with E-state index in [-0.39, 0.29) is 11.5 Å². The number of carbonyl (C=O) groups excluding carboxylic acids is 1. The molecule has 2 aromatic carbocycles. The SMILES string of the molecule is CC(C)c1ccc(C(=O)C=CNc2cccc(OC(F)(F)F)c2)cc1. The lowest BCUT2D eigenvalue weighted by atomic mass is 10.0. The summed E-state index contributed by atoms with van der Waals surface area (Å²) in [6, 6.07) is 12.7. The number of hydrogen-bond donors (Lipinski definition) is 1. The van der Waals surface area contributed by atoms with E-state index in [2.05, 4.69) is 23.9 Å². The number of ketones is 1. The van der Waals surface area contributed by atoms with E-state index in [9.17, 15) is 18.0 Å². The first kappa shape index (κ1) is 18.6. The van der Waals surface area contributed by atoms with Crippen molar-refractivity contribution in [3.05, 3.63) is 71.9 Å². The summed E-state index contributed by atoms with van der Waals surface area (Å²) >= 11 is 0. The van der Waals surface area contributed by atoms with Crippen molar-refractivity contribution in [1.29, 1.82) is 0 Å². The lowest BCUT2D eigenvalue weighted by Crippen LogP contribution is -2.17. The van der Waals surface area contributed by atoms with E-state index >= 15 is 0 Å². The largest absolute Gasteiger partial charge is 0.573 e. The fourth-order valence-corrected chi connectivity index (χ4v) is 2.13. The summed E-state index contributed by atoms with van der Waals surface area (Å²) < 4.78 is 40.4. The number of alkyl halides is 3. The fraction of sp³-hybridized carbons (Fsp3) is 0.211. The minimum atomic E-state index is -4.74. The maximum Gasteiger partial charge on any atom is 0.573 e. The summed E-state index contributed by atoms with van der Waals surface area (Å²) in [6.07, 6.45) is -2.04. The summed E-state index contributed by atoms with van der Waals surface area (Å²) in [6.45, 7) is 4.13. The quantitative estimate of drug-likeness (QED) is 0.551. The lowest BCUT2D eigenvalue weighted by Gasteiger charge is -2.09. The first-order valence-corrected chi connectivity index (χ1v) is 7.68. The molecular weight excluding hydrogens is 331 g/mol. The number of nitrogens with one attached hydrogen (secondary N) is 1. The van der Waals surface area contributed by atoms with E-state index in [1.165, 1.54) is 30.5 Å². The first-order valence-electron chi connectivity index (χ1n) is 7.68. The third kappa shape index (κ3) is 5.99. The normalized spacial score (nSPS) is 11.8. The molecule has 2 aromatic rings. The first-order chi connectivity index (χ1) is 11.7. The van der Waals surface area contributed by atoms with Gasteiger partial charge in [0.25, 0.3) is 0 Å². The molecule has 1 N–H and O–H groups in total. The highest BCUT2D eigenvalue weighted by molar-refractivity contribution is 6.04. The van der Waals surface area contributed by atoms with Crippen LogP contribution in [0.1, 0.15) is 35.7 Å². The van der Waals surface area contributed by atoms with E-state index in [0.717, 1.165) is 5.56 Å². The third-order valence-electron chi connectivity index (χ3n) is 3.41. The van der Waals surface area contributed by atoms with E-state index in [0.29, 0.717) is 17.2 Å². The van der Waals surface area contributed by atoms with Gasteiger partial charge in [0, 0.05) is 29.6 Å². The van der Waals surface area contributed by atoms with Crippen molar-refractivity contribution in [2.45, 2.75) is 26.1 Å². The molecule has 0 aliphatic heterocycles. The molecule has 0 fully saturated rings. The maximum absolute atomic E-state index is 12.2. The van der Waals surface area contributed by atoms with Gasteiger partial charge in [0.05, 0.1) is 0 Å². The Hall–Kier alpha value is -2.76. The van der Waals surface area contributed by atoms with Gasteiger partial charge >= 0.3 is 6.36 Å². The van der Waals surface area contributed by atoms with Crippen LogP contribution in [0.3, 0.4) is 0 Å². The second-order valence-electron chi connectivity index (χ2n) is 5.69. The highest BCUT2D eigenvalue weighted by Gasteiger charge is 2.31. The number of allylic oxidation sites excluding steroid dienone is 1. The Labute approximate surface area is 144 Å². The van der Waals surface area contributed by atoms with Crippen LogP contribution in [0.25, 0.3) is 0 Å². The predicted octanol–water partition coefficient (Wildman–Crippen LogP) is 5.52. The molecule has 0 atom stereocenters. The molecule has 6 heteroatoms. The highest BCUT2D eigenvalue weighted by atomic mass is 19.4. The summed E-state index contributed by atoms with van der Waals surface area (Å²) in [4.78, 5) is 12.1. The maximum atomic E-state index is 12.2. The molecule has 0 saturated heterocycles. The third-order valence-corrected chi connectivity index (χ3v) is 3.41. The number of ether oxygens (including phenoxy) is 1. The highest BCUT2D eigenvalue weighted by Crippen LogP contribution is 2.25. The van der Waals surface area contributed by atoms with Crippen LogP contribution in [0.4, 0.5) is 18.9 Å². The van der Waals surface area contributed by atoms with Crippen LogP contribution >= 0.6 is 0 Å². The molecule has 0 amide bonds.